The average Bonchev–Trinajstić information content (AvgIpc) is 3.63. The fraction of sp³-hybridized carbons (Fsp3) is 0.714. The number of primary amides is 1. The summed E-state index contributed by atoms with van der Waals surface area (Å²) < 4.78 is 5.14. The predicted molar refractivity (Wildman–Crippen MR) is 141 cm³/mol. The summed E-state index contributed by atoms with van der Waals surface area (Å²) in [6, 6.07) is 0. The molecule has 1 aliphatic heterocycles. The monoisotopic (exact) mass is 522 g/mol. The second kappa shape index (κ2) is 16.7. The molecule has 0 aromatic rings. The Hall–Kier alpha value is -2.04. The molecule has 0 bridgehead atoms. The van der Waals surface area contributed by atoms with E-state index in [9.17, 15) is 30.0 Å². The number of ether oxygens (including phenoxy) is 1. The minimum Gasteiger partial charge on any atom is -0.389 e. The zero-order valence-corrected chi connectivity index (χ0v) is 22.0. The van der Waals surface area contributed by atoms with Gasteiger partial charge in [0.1, 0.15) is 18.1 Å². The molecule has 0 aromatic carbocycles. The summed E-state index contributed by atoms with van der Waals surface area (Å²) in [4.78, 5) is 23.3. The normalized spacial score (nSPS) is 30.8. The molecular weight excluding hydrogens is 476 g/mol. The topological polar surface area (TPSA) is 162 Å². The van der Waals surface area contributed by atoms with Gasteiger partial charge in [-0.3, -0.25) is 9.59 Å². The summed E-state index contributed by atoms with van der Waals surface area (Å²) in [7, 11) is 0. The molecule has 1 saturated carbocycles. The van der Waals surface area contributed by atoms with Crippen LogP contribution in [0.15, 0.2) is 36.5 Å². The molecule has 7 unspecified atom stereocenters. The van der Waals surface area contributed by atoms with E-state index in [1.807, 2.05) is 24.3 Å². The third kappa shape index (κ3) is 11.1. The Morgan fingerprint density at radius 3 is 2.49 bits per heavy atom. The Kier molecular flexibility index (Phi) is 14.1. The minimum absolute atomic E-state index is 0.111. The van der Waals surface area contributed by atoms with Gasteiger partial charge in [-0.15, -0.1) is 0 Å². The number of hydrogen-bond donors (Lipinski definition) is 6. The van der Waals surface area contributed by atoms with Crippen LogP contribution < -0.4 is 11.1 Å². The van der Waals surface area contributed by atoms with Gasteiger partial charge in [0.15, 0.2) is 6.29 Å². The maximum Gasteiger partial charge on any atom is 0.228 e. The number of unbranched alkanes of at least 4 members (excludes halogenated alkanes) is 4. The van der Waals surface area contributed by atoms with E-state index in [4.69, 9.17) is 10.5 Å². The van der Waals surface area contributed by atoms with Crippen LogP contribution in [-0.4, -0.2) is 69.5 Å². The van der Waals surface area contributed by atoms with Crippen molar-refractivity contribution in [2.75, 3.05) is 6.54 Å². The quantitative estimate of drug-likeness (QED) is 0.125. The summed E-state index contributed by atoms with van der Waals surface area (Å²) in [5, 5.41) is 42.8. The van der Waals surface area contributed by atoms with Gasteiger partial charge >= 0.3 is 0 Å². The number of carbonyl (C=O) groups is 2. The molecule has 210 valence electrons. The van der Waals surface area contributed by atoms with Crippen molar-refractivity contribution in [2.24, 2.45) is 23.5 Å². The van der Waals surface area contributed by atoms with E-state index in [0.29, 0.717) is 18.3 Å². The molecule has 2 aliphatic rings. The lowest BCUT2D eigenvalue weighted by Gasteiger charge is -2.39. The molecule has 9 heteroatoms. The second-order valence-electron chi connectivity index (χ2n) is 10.2. The third-order valence-electron chi connectivity index (χ3n) is 7.09. The average molecular weight is 523 g/mol. The molecule has 1 heterocycles. The van der Waals surface area contributed by atoms with Crippen LogP contribution in [0.1, 0.15) is 71.1 Å². The number of allylic oxidation sites excluding steroid dienone is 5. The molecule has 2 amide bonds. The number of aliphatic hydroxyl groups excluding tert-OH is 4. The van der Waals surface area contributed by atoms with Crippen molar-refractivity contribution in [1.29, 1.82) is 0 Å². The first-order chi connectivity index (χ1) is 17.8. The molecule has 9 nitrogen and oxygen atoms in total. The summed E-state index contributed by atoms with van der Waals surface area (Å²) in [5.41, 5.74) is 5.10. The Balaban J connectivity index is 1.52. The van der Waals surface area contributed by atoms with Crippen molar-refractivity contribution in [3.05, 3.63) is 36.5 Å². The highest BCUT2D eigenvalue weighted by Gasteiger charge is 2.46. The van der Waals surface area contributed by atoms with Crippen molar-refractivity contribution in [3.8, 4) is 0 Å². The Bertz CT molecular complexity index is 784. The van der Waals surface area contributed by atoms with Gasteiger partial charge in [0, 0.05) is 13.0 Å². The van der Waals surface area contributed by atoms with Crippen molar-refractivity contribution in [1.82, 2.24) is 5.32 Å². The molecule has 2 rings (SSSR count). The lowest BCUT2D eigenvalue weighted by molar-refractivity contribution is -0.256. The summed E-state index contributed by atoms with van der Waals surface area (Å²) in [6.07, 6.45) is 15.7. The van der Waals surface area contributed by atoms with Crippen LogP contribution in [0.4, 0.5) is 0 Å². The number of amides is 2. The van der Waals surface area contributed by atoms with Crippen LogP contribution in [-0.2, 0) is 14.3 Å². The predicted octanol–water partition coefficient (Wildman–Crippen LogP) is 1.84. The molecule has 37 heavy (non-hydrogen) atoms. The van der Waals surface area contributed by atoms with Crippen LogP contribution >= 0.6 is 0 Å². The first-order valence-corrected chi connectivity index (χ1v) is 13.7. The van der Waals surface area contributed by atoms with Crippen LogP contribution in [0.2, 0.25) is 0 Å². The highest BCUT2D eigenvalue weighted by atomic mass is 16.6. The van der Waals surface area contributed by atoms with E-state index in [1.165, 1.54) is 19.3 Å². The van der Waals surface area contributed by atoms with Gasteiger partial charge in [0.05, 0.1) is 12.2 Å². The van der Waals surface area contributed by atoms with E-state index in [2.05, 4.69) is 24.4 Å². The molecule has 7 N–H and O–H groups in total. The standard InChI is InChI=1S/C28H46N2O7/c1-2-3-4-5-8-11-14-19-17-20(19)21(31)15-12-9-6-7-10-13-16-23(32)30-18-22-25(33)26(34)24(27(29)35)28(36)37-22/h6-8,11-12,15,19-22,24-26,28,31,33-34,36H,2-5,9-10,13-14,16-18H2,1H3,(H2,29,35)(H,30,32)/b7-6-,11-8-,15-12-/t19?,20?,21-,22?,24?,25?,26?,28?/m0/s1. The molecule has 1 saturated heterocycles. The number of carbonyl (C=O) groups excluding carboxylic acids is 2. The summed E-state index contributed by atoms with van der Waals surface area (Å²) in [6.45, 7) is 2.10. The lowest BCUT2D eigenvalue weighted by Crippen LogP contribution is -2.60. The third-order valence-corrected chi connectivity index (χ3v) is 7.09. The second-order valence-corrected chi connectivity index (χ2v) is 10.2. The fourth-order valence-electron chi connectivity index (χ4n) is 4.62. The van der Waals surface area contributed by atoms with Crippen molar-refractivity contribution in [3.63, 3.8) is 0 Å². The van der Waals surface area contributed by atoms with Crippen LogP contribution in [0.3, 0.4) is 0 Å². The van der Waals surface area contributed by atoms with Gasteiger partial charge in [0.2, 0.25) is 11.8 Å². The molecule has 0 aromatic heterocycles. The smallest absolute Gasteiger partial charge is 0.228 e. The lowest BCUT2D eigenvalue weighted by atomic mass is 9.90. The van der Waals surface area contributed by atoms with E-state index >= 15 is 0 Å². The zero-order chi connectivity index (χ0) is 27.2. The minimum atomic E-state index is -1.65. The molecule has 0 spiro atoms. The molecule has 1 aliphatic carbocycles. The van der Waals surface area contributed by atoms with Crippen LogP contribution in [0, 0.1) is 17.8 Å². The zero-order valence-electron chi connectivity index (χ0n) is 22.0. The molecule has 8 atom stereocenters. The number of rotatable bonds is 17. The Morgan fingerprint density at radius 2 is 1.76 bits per heavy atom. The molecular formula is C28H46N2O7. The van der Waals surface area contributed by atoms with Crippen LogP contribution in [0.25, 0.3) is 0 Å². The van der Waals surface area contributed by atoms with E-state index in [1.54, 1.807) is 0 Å². The Morgan fingerprint density at radius 1 is 1.03 bits per heavy atom. The SMILES string of the molecule is CCCCC/C=C\CC1CC1[C@@H](O)/C=C\C/C=C\CCCC(=O)NCC1OC(O)C(C(N)=O)C(O)C1O. The van der Waals surface area contributed by atoms with Crippen molar-refractivity contribution >= 4 is 11.8 Å². The van der Waals surface area contributed by atoms with Gasteiger partial charge in [0.25, 0.3) is 0 Å². The molecule has 2 fully saturated rings. The summed E-state index contributed by atoms with van der Waals surface area (Å²) in [5.74, 6) is -1.68. The number of nitrogens with two attached hydrogens (primary N) is 1. The maximum atomic E-state index is 12.0. The summed E-state index contributed by atoms with van der Waals surface area (Å²) >= 11 is 0. The maximum absolute atomic E-state index is 12.0. The van der Waals surface area contributed by atoms with Crippen LogP contribution in [0.5, 0.6) is 0 Å². The van der Waals surface area contributed by atoms with Crippen molar-refractivity contribution < 1.29 is 34.8 Å². The van der Waals surface area contributed by atoms with E-state index in [-0.39, 0.29) is 25.0 Å². The number of aliphatic hydroxyl groups is 4. The van der Waals surface area contributed by atoms with Gasteiger partial charge in [-0.05, 0) is 56.8 Å². The first kappa shape index (κ1) is 31.2. The number of nitrogens with one attached hydrogen (secondary N) is 1. The van der Waals surface area contributed by atoms with Gasteiger partial charge in [-0.1, -0.05) is 56.2 Å². The Labute approximate surface area is 220 Å². The van der Waals surface area contributed by atoms with E-state index in [0.717, 1.165) is 32.1 Å². The number of hydrogen-bond acceptors (Lipinski definition) is 7. The van der Waals surface area contributed by atoms with Gasteiger partial charge in [-0.25, -0.2) is 0 Å². The van der Waals surface area contributed by atoms with E-state index < -0.39 is 36.4 Å². The largest absolute Gasteiger partial charge is 0.389 e. The van der Waals surface area contributed by atoms with Gasteiger partial charge in [-0.2, -0.15) is 0 Å². The highest BCUT2D eigenvalue weighted by Crippen LogP contribution is 2.44. The fourth-order valence-corrected chi connectivity index (χ4v) is 4.62. The van der Waals surface area contributed by atoms with Gasteiger partial charge < -0.3 is 36.2 Å². The van der Waals surface area contributed by atoms with Crippen molar-refractivity contribution in [2.45, 2.75) is 102 Å². The first-order valence-electron chi connectivity index (χ1n) is 13.7. The highest BCUT2D eigenvalue weighted by molar-refractivity contribution is 5.78. The molecule has 0 radical (unpaired) electrons.